The highest BCUT2D eigenvalue weighted by molar-refractivity contribution is 5.96. The molecule has 0 atom stereocenters. The van der Waals surface area contributed by atoms with Gasteiger partial charge in [-0.15, -0.1) is 0 Å². The van der Waals surface area contributed by atoms with Crippen molar-refractivity contribution in [2.75, 3.05) is 0 Å². The first-order valence-electron chi connectivity index (χ1n) is 21.0. The lowest BCUT2D eigenvalue weighted by Crippen LogP contribution is -1.93. The Hall–Kier alpha value is -8.40. The van der Waals surface area contributed by atoms with E-state index in [2.05, 4.69) is 0 Å². The van der Waals surface area contributed by atoms with E-state index in [1.54, 1.807) is 0 Å². The molecule has 0 saturated heterocycles. The summed E-state index contributed by atoms with van der Waals surface area (Å²) in [4.78, 5) is 0. The second-order valence-electron chi connectivity index (χ2n) is 15.7. The van der Waals surface area contributed by atoms with Crippen molar-refractivity contribution >= 4 is 0 Å². The molecule has 0 fully saturated rings. The summed E-state index contributed by atoms with van der Waals surface area (Å²) in [6.45, 7) is 0. The smallest absolute Gasteiger partial charge is 0.194 e. The second kappa shape index (κ2) is 16.9. The quantitative estimate of drug-likeness (QED) is 0.139. The number of benzene rings is 10. The van der Waals surface area contributed by atoms with E-state index in [4.69, 9.17) is 0 Å². The molecule has 297 valence electrons. The average molecular weight is 808 g/mol. The van der Waals surface area contributed by atoms with Gasteiger partial charge in [0.15, 0.2) is 17.2 Å². The lowest BCUT2D eigenvalue weighted by Gasteiger charge is -2.18. The van der Waals surface area contributed by atoms with Gasteiger partial charge in [0.1, 0.15) is 0 Å². The van der Waals surface area contributed by atoms with Crippen LogP contribution in [0.3, 0.4) is 0 Å². The van der Waals surface area contributed by atoms with Crippen LogP contribution in [-0.2, 0) is 15.3 Å². The third-order valence-corrected chi connectivity index (χ3v) is 11.7. The van der Waals surface area contributed by atoms with Crippen molar-refractivity contribution in [3.8, 4) is 117 Å². The molecular weight excluding hydrogens is 769 g/mol. The molecule has 10 aromatic rings. The molecule has 0 N–H and O–H groups in total. The number of rotatable bonds is 9. The molecule has 63 heavy (non-hydrogen) atoms. The minimum Gasteiger partial charge on any atom is -0.289 e. The van der Waals surface area contributed by atoms with Gasteiger partial charge in [0.25, 0.3) is 0 Å². The maximum absolute atomic E-state index is 15.0. The van der Waals surface area contributed by atoms with Gasteiger partial charge in [-0.1, -0.05) is 182 Å². The van der Waals surface area contributed by atoms with Gasteiger partial charge in [-0.2, -0.15) is 0 Å². The molecule has 0 aliphatic heterocycles. The van der Waals surface area contributed by atoms with E-state index < -0.39 is 0 Å². The Morgan fingerprint density at radius 2 is 0.333 bits per heavy atom. The minimum atomic E-state index is -0.153. The molecule has 0 saturated carbocycles. The van der Waals surface area contributed by atoms with Crippen molar-refractivity contribution in [1.29, 1.82) is 0 Å². The van der Waals surface area contributed by atoms with Gasteiger partial charge >= 0.3 is 0 Å². The average Bonchev–Trinajstić information content (AvgIpc) is 3.35. The largest absolute Gasteiger partial charge is 0.289 e. The molecule has 0 spiro atoms. The van der Waals surface area contributed by atoms with Crippen molar-refractivity contribution in [2.24, 2.45) is 0 Å². The Kier molecular flexibility index (Phi) is 10.4. The van der Waals surface area contributed by atoms with Crippen molar-refractivity contribution in [3.05, 3.63) is 237 Å². The zero-order chi connectivity index (χ0) is 42.7. The van der Waals surface area contributed by atoms with Crippen LogP contribution in [-0.4, -0.2) is 0 Å². The number of hydrogen-bond donors (Lipinski definition) is 0. The van der Waals surface area contributed by atoms with E-state index in [1.165, 1.54) is 0 Å². The zero-order valence-corrected chi connectivity index (χ0v) is 34.2. The fraction of sp³-hybridized carbons (Fsp3) is 0. The van der Waals surface area contributed by atoms with Gasteiger partial charge in [0.05, 0.1) is 0 Å². The molecule has 3 nitrogen and oxygen atoms in total. The Morgan fingerprint density at radius 1 is 0.159 bits per heavy atom. The summed E-state index contributed by atoms with van der Waals surface area (Å²) in [5.74, 6) is -0.459. The van der Waals surface area contributed by atoms with Crippen LogP contribution in [0.2, 0.25) is 0 Å². The normalized spacial score (nSPS) is 11.0. The van der Waals surface area contributed by atoms with Crippen LogP contribution >= 0.6 is 0 Å². The van der Waals surface area contributed by atoms with Gasteiger partial charge in [0.2, 0.25) is 0 Å². The maximum Gasteiger partial charge on any atom is 0.194 e. The van der Waals surface area contributed by atoms with Crippen molar-refractivity contribution in [3.63, 3.8) is 0 Å². The van der Waals surface area contributed by atoms with E-state index in [0.29, 0.717) is 50.1 Å². The summed E-state index contributed by atoms with van der Waals surface area (Å²) >= 11 is 0. The third kappa shape index (κ3) is 7.76. The summed E-state index contributed by atoms with van der Waals surface area (Å²) in [7, 11) is 0. The molecule has 0 heterocycles. The van der Waals surface area contributed by atoms with E-state index in [1.807, 2.05) is 237 Å². The van der Waals surface area contributed by atoms with Crippen LogP contribution in [0.25, 0.3) is 100 Å². The summed E-state index contributed by atoms with van der Waals surface area (Å²) < 4.78 is 0. The van der Waals surface area contributed by atoms with Crippen molar-refractivity contribution in [1.82, 2.24) is 0 Å². The van der Waals surface area contributed by atoms with E-state index in [0.717, 1.165) is 50.1 Å². The van der Waals surface area contributed by atoms with Gasteiger partial charge in [-0.3, -0.25) is 15.3 Å². The van der Waals surface area contributed by atoms with Crippen LogP contribution in [0, 0.1) is 0 Å². The molecule has 0 aliphatic carbocycles. The first-order valence-corrected chi connectivity index (χ1v) is 21.0. The van der Waals surface area contributed by atoms with Crippen LogP contribution < -0.4 is 0 Å². The fourth-order valence-corrected chi connectivity index (χ4v) is 8.51. The standard InChI is InChI=1S/C60H39O3/c61-58-52(43-25-13-4-14-26-43)34-46(40-19-7-1-8-20-40)37-55(58)49-31-50(56-38-47(41-21-9-2-10-22-41)35-53(59(56)62)44-27-15-5-16-28-44)33-51(32-49)57-39-48(42-23-11-3-12-24-42)36-54(60(57)63)45-29-17-6-18-30-45/h1-39H. The first kappa shape index (κ1) is 38.8. The molecule has 0 amide bonds. The minimum absolute atomic E-state index is 0.153. The summed E-state index contributed by atoms with van der Waals surface area (Å²) in [5, 5.41) is 45.0. The molecular formula is C60H39O3. The Balaban J connectivity index is 1.30. The lowest BCUT2D eigenvalue weighted by atomic mass is 9.86. The SMILES string of the molecule is [O]c1c(-c2ccccc2)cc(-c2ccccc2)cc1-c1cc(-c2cc(-c3ccccc3)cc(-c3ccccc3)c2[O])cc(-c2cc(-c3ccccc3)cc(-c3ccccc3)c2[O])c1. The Morgan fingerprint density at radius 3 is 0.540 bits per heavy atom. The highest BCUT2D eigenvalue weighted by Crippen LogP contribution is 2.50. The molecule has 10 rings (SSSR count). The predicted molar refractivity (Wildman–Crippen MR) is 256 cm³/mol. The predicted octanol–water partition coefficient (Wildman–Crippen LogP) is 17.1. The summed E-state index contributed by atoms with van der Waals surface area (Å²) in [6.07, 6.45) is 0. The van der Waals surface area contributed by atoms with Crippen molar-refractivity contribution < 1.29 is 15.3 Å². The van der Waals surface area contributed by atoms with E-state index in [-0.39, 0.29) is 17.2 Å². The zero-order valence-electron chi connectivity index (χ0n) is 34.2. The topological polar surface area (TPSA) is 59.7 Å². The van der Waals surface area contributed by atoms with Crippen molar-refractivity contribution in [2.45, 2.75) is 0 Å². The van der Waals surface area contributed by atoms with Crippen LogP contribution in [0.15, 0.2) is 237 Å². The Bertz CT molecular complexity index is 2840. The van der Waals surface area contributed by atoms with Gasteiger partial charge in [0, 0.05) is 33.4 Å². The first-order chi connectivity index (χ1) is 31.0. The molecule has 10 aromatic carbocycles. The fourth-order valence-electron chi connectivity index (χ4n) is 8.51. The highest BCUT2D eigenvalue weighted by atomic mass is 16.3. The third-order valence-electron chi connectivity index (χ3n) is 11.7. The Labute approximate surface area is 367 Å². The molecule has 3 radical (unpaired) electrons. The van der Waals surface area contributed by atoms with Crippen LogP contribution in [0.1, 0.15) is 0 Å². The molecule has 0 aromatic heterocycles. The molecule has 0 aliphatic rings. The van der Waals surface area contributed by atoms with Gasteiger partial charge < -0.3 is 0 Å². The van der Waals surface area contributed by atoms with Gasteiger partial charge in [-0.25, -0.2) is 0 Å². The summed E-state index contributed by atoms with van der Waals surface area (Å²) in [6, 6.07) is 76.7. The maximum atomic E-state index is 15.0. The van der Waals surface area contributed by atoms with Crippen LogP contribution in [0.5, 0.6) is 17.2 Å². The molecule has 3 heteroatoms. The van der Waals surface area contributed by atoms with Crippen LogP contribution in [0.4, 0.5) is 0 Å². The molecule has 0 unspecified atom stereocenters. The van der Waals surface area contributed by atoms with E-state index >= 15 is 15.3 Å². The molecule has 0 bridgehead atoms. The second-order valence-corrected chi connectivity index (χ2v) is 15.7. The lowest BCUT2D eigenvalue weighted by molar-refractivity contribution is 0.358. The number of hydrogen-bond acceptors (Lipinski definition) is 0. The van der Waals surface area contributed by atoms with Gasteiger partial charge in [-0.05, 0) is 121 Å². The monoisotopic (exact) mass is 807 g/mol. The highest BCUT2D eigenvalue weighted by Gasteiger charge is 2.23. The van der Waals surface area contributed by atoms with E-state index in [9.17, 15) is 0 Å². The summed E-state index contributed by atoms with van der Waals surface area (Å²) in [5.41, 5.74) is 12.7.